The quantitative estimate of drug-likeness (QED) is 0.688. The fourth-order valence-electron chi connectivity index (χ4n) is 3.23. The lowest BCUT2D eigenvalue weighted by atomic mass is 10.0. The minimum atomic E-state index is -3.82. The van der Waals surface area contributed by atoms with Crippen molar-refractivity contribution < 1.29 is 18.0 Å². The van der Waals surface area contributed by atoms with Gasteiger partial charge in [0.1, 0.15) is 0 Å². The van der Waals surface area contributed by atoms with Gasteiger partial charge in [0.2, 0.25) is 5.91 Å². The molecule has 0 saturated carbocycles. The smallest absolute Gasteiger partial charge is 0.261 e. The second kappa shape index (κ2) is 8.96. The van der Waals surface area contributed by atoms with Crippen LogP contribution in [0.3, 0.4) is 0 Å². The van der Waals surface area contributed by atoms with E-state index < -0.39 is 10.0 Å². The molecule has 0 bridgehead atoms. The molecule has 0 aromatic heterocycles. The molecule has 0 atom stereocenters. The van der Waals surface area contributed by atoms with Crippen molar-refractivity contribution in [1.82, 2.24) is 10.2 Å². The molecule has 0 radical (unpaired) electrons. The van der Waals surface area contributed by atoms with Crippen LogP contribution in [0.25, 0.3) is 0 Å². The summed E-state index contributed by atoms with van der Waals surface area (Å²) in [5, 5.41) is 2.87. The number of likely N-dealkylation sites (tertiary alicyclic amines) is 1. The fraction of sp³-hybridized carbons (Fsp3) is 0.300. The number of sulfonamides is 1. The summed E-state index contributed by atoms with van der Waals surface area (Å²) in [7, 11) is -3.82. The highest BCUT2D eigenvalue weighted by atomic mass is 79.9. The Morgan fingerprint density at radius 1 is 1.07 bits per heavy atom. The molecule has 0 unspecified atom stereocenters. The van der Waals surface area contributed by atoms with Gasteiger partial charge in [-0.25, -0.2) is 8.42 Å². The third-order valence-corrected chi connectivity index (χ3v) is 6.58. The van der Waals surface area contributed by atoms with Gasteiger partial charge in [-0.1, -0.05) is 22.0 Å². The third-order valence-electron chi connectivity index (χ3n) is 4.68. The van der Waals surface area contributed by atoms with Crippen molar-refractivity contribution in [3.8, 4) is 0 Å². The molecule has 29 heavy (non-hydrogen) atoms. The van der Waals surface area contributed by atoms with Crippen LogP contribution in [0.4, 0.5) is 5.69 Å². The summed E-state index contributed by atoms with van der Waals surface area (Å²) in [5.74, 6) is -0.294. The highest BCUT2D eigenvalue weighted by Crippen LogP contribution is 2.21. The number of carbonyl (C=O) groups is 2. The summed E-state index contributed by atoms with van der Waals surface area (Å²) in [6.45, 7) is 2.50. The van der Waals surface area contributed by atoms with Crippen LogP contribution >= 0.6 is 15.9 Å². The van der Waals surface area contributed by atoms with Crippen molar-refractivity contribution in [3.05, 3.63) is 58.6 Å². The normalized spacial score (nSPS) is 15.0. The first-order valence-corrected chi connectivity index (χ1v) is 11.5. The minimum absolute atomic E-state index is 0.0272. The largest absolute Gasteiger partial charge is 0.353 e. The zero-order valence-electron chi connectivity index (χ0n) is 15.9. The van der Waals surface area contributed by atoms with Gasteiger partial charge in [0, 0.05) is 41.8 Å². The Bertz CT molecular complexity index is 1000. The maximum absolute atomic E-state index is 12.8. The second-order valence-electron chi connectivity index (χ2n) is 6.91. The van der Waals surface area contributed by atoms with E-state index in [-0.39, 0.29) is 22.8 Å². The van der Waals surface area contributed by atoms with Crippen LogP contribution in [0.15, 0.2) is 57.9 Å². The zero-order valence-corrected chi connectivity index (χ0v) is 18.3. The number of anilines is 1. The number of piperidine rings is 1. The molecule has 2 amide bonds. The number of halogens is 1. The van der Waals surface area contributed by atoms with Crippen LogP contribution in [0.2, 0.25) is 0 Å². The van der Waals surface area contributed by atoms with E-state index in [0.717, 1.165) is 4.47 Å². The van der Waals surface area contributed by atoms with Crippen LogP contribution in [0.1, 0.15) is 30.1 Å². The van der Waals surface area contributed by atoms with Crippen LogP contribution < -0.4 is 10.0 Å². The molecule has 2 N–H and O–H groups in total. The topological polar surface area (TPSA) is 95.6 Å². The van der Waals surface area contributed by atoms with Gasteiger partial charge >= 0.3 is 0 Å². The molecule has 2 aromatic rings. The lowest BCUT2D eigenvalue weighted by Crippen LogP contribution is -2.46. The van der Waals surface area contributed by atoms with E-state index in [1.807, 2.05) is 0 Å². The second-order valence-corrected chi connectivity index (χ2v) is 9.51. The van der Waals surface area contributed by atoms with Crippen molar-refractivity contribution >= 4 is 43.5 Å². The van der Waals surface area contributed by atoms with Crippen molar-refractivity contribution in [1.29, 1.82) is 0 Å². The van der Waals surface area contributed by atoms with Gasteiger partial charge in [0.25, 0.3) is 15.9 Å². The number of hydrogen-bond donors (Lipinski definition) is 2. The van der Waals surface area contributed by atoms with Gasteiger partial charge in [0.05, 0.1) is 4.90 Å². The Morgan fingerprint density at radius 3 is 2.34 bits per heavy atom. The van der Waals surface area contributed by atoms with E-state index in [2.05, 4.69) is 26.0 Å². The first-order valence-electron chi connectivity index (χ1n) is 9.19. The van der Waals surface area contributed by atoms with Gasteiger partial charge in [-0.2, -0.15) is 0 Å². The number of nitrogens with zero attached hydrogens (tertiary/aromatic N) is 1. The van der Waals surface area contributed by atoms with Gasteiger partial charge in [-0.05, 0) is 55.3 Å². The molecule has 1 heterocycles. The first kappa shape index (κ1) is 21.3. The Balaban J connectivity index is 1.71. The Morgan fingerprint density at radius 2 is 1.72 bits per heavy atom. The average molecular weight is 480 g/mol. The number of rotatable bonds is 5. The molecule has 7 nitrogen and oxygen atoms in total. The van der Waals surface area contributed by atoms with Crippen molar-refractivity contribution in [2.24, 2.45) is 0 Å². The predicted octanol–water partition coefficient (Wildman–Crippen LogP) is 2.99. The van der Waals surface area contributed by atoms with E-state index in [1.54, 1.807) is 41.3 Å². The molecule has 0 spiro atoms. The predicted molar refractivity (Wildman–Crippen MR) is 114 cm³/mol. The van der Waals surface area contributed by atoms with Crippen molar-refractivity contribution in [2.45, 2.75) is 30.7 Å². The Hall–Kier alpha value is -2.39. The summed E-state index contributed by atoms with van der Waals surface area (Å²) in [5.41, 5.74) is 0.756. The number of hydrogen-bond acceptors (Lipinski definition) is 4. The maximum Gasteiger partial charge on any atom is 0.261 e. The zero-order chi connectivity index (χ0) is 21.0. The Kier molecular flexibility index (Phi) is 6.59. The molecule has 2 aromatic carbocycles. The summed E-state index contributed by atoms with van der Waals surface area (Å²) in [6, 6.07) is 12.9. The molecule has 1 fully saturated rings. The molecule has 1 aliphatic heterocycles. The monoisotopic (exact) mass is 479 g/mol. The fourth-order valence-corrected chi connectivity index (χ4v) is 4.59. The van der Waals surface area contributed by atoms with Gasteiger partial charge in [-0.3, -0.25) is 14.3 Å². The average Bonchev–Trinajstić information content (AvgIpc) is 2.69. The lowest BCUT2D eigenvalue weighted by Gasteiger charge is -2.32. The van der Waals surface area contributed by atoms with E-state index in [0.29, 0.717) is 37.2 Å². The summed E-state index contributed by atoms with van der Waals surface area (Å²) < 4.78 is 28.8. The van der Waals surface area contributed by atoms with Crippen LogP contribution in [-0.4, -0.2) is 44.3 Å². The number of benzene rings is 2. The molecule has 1 aliphatic rings. The molecular weight excluding hydrogens is 458 g/mol. The highest BCUT2D eigenvalue weighted by Gasteiger charge is 2.25. The summed E-state index contributed by atoms with van der Waals surface area (Å²) >= 11 is 3.31. The van der Waals surface area contributed by atoms with E-state index >= 15 is 0 Å². The SMILES string of the molecule is CC(=O)NC1CCN(C(=O)c2cccc(S(=O)(=O)Nc3ccc(Br)cc3)c2)CC1. The standard InChI is InChI=1S/C20H22BrN3O4S/c1-14(25)22-17-9-11-24(12-10-17)20(26)15-3-2-4-19(13-15)29(27,28)23-18-7-5-16(21)6-8-18/h2-8,13,17,23H,9-12H2,1H3,(H,22,25). The number of nitrogens with one attached hydrogen (secondary N) is 2. The minimum Gasteiger partial charge on any atom is -0.353 e. The number of amides is 2. The molecule has 0 aliphatic carbocycles. The van der Waals surface area contributed by atoms with E-state index in [1.165, 1.54) is 19.1 Å². The van der Waals surface area contributed by atoms with Gasteiger partial charge in [-0.15, -0.1) is 0 Å². The van der Waals surface area contributed by atoms with Crippen molar-refractivity contribution in [2.75, 3.05) is 17.8 Å². The molecule has 3 rings (SSSR count). The van der Waals surface area contributed by atoms with Crippen molar-refractivity contribution in [3.63, 3.8) is 0 Å². The van der Waals surface area contributed by atoms with E-state index in [9.17, 15) is 18.0 Å². The highest BCUT2D eigenvalue weighted by molar-refractivity contribution is 9.10. The number of carbonyl (C=O) groups excluding carboxylic acids is 2. The van der Waals surface area contributed by atoms with Gasteiger partial charge < -0.3 is 10.2 Å². The first-order chi connectivity index (χ1) is 13.7. The molecule has 1 saturated heterocycles. The summed E-state index contributed by atoms with van der Waals surface area (Å²) in [6.07, 6.45) is 1.35. The van der Waals surface area contributed by atoms with E-state index in [4.69, 9.17) is 0 Å². The maximum atomic E-state index is 12.8. The van der Waals surface area contributed by atoms with Crippen LogP contribution in [0, 0.1) is 0 Å². The van der Waals surface area contributed by atoms with Gasteiger partial charge in [0.15, 0.2) is 0 Å². The third kappa shape index (κ3) is 5.57. The molecule has 154 valence electrons. The molecule has 9 heteroatoms. The van der Waals surface area contributed by atoms with Crippen LogP contribution in [-0.2, 0) is 14.8 Å². The lowest BCUT2D eigenvalue weighted by molar-refractivity contribution is -0.119. The van der Waals surface area contributed by atoms with Crippen LogP contribution in [0.5, 0.6) is 0 Å². The Labute approximate surface area is 178 Å². The summed E-state index contributed by atoms with van der Waals surface area (Å²) in [4.78, 5) is 25.7. The molecular formula is C20H22BrN3O4S.